The summed E-state index contributed by atoms with van der Waals surface area (Å²) in [7, 11) is 0. The van der Waals surface area contributed by atoms with Gasteiger partial charge in [-0.15, -0.1) is 0 Å². The fraction of sp³-hybridized carbons (Fsp3) is 0.462. The molecule has 0 aliphatic heterocycles. The van der Waals surface area contributed by atoms with Crippen molar-refractivity contribution in [2.45, 2.75) is 70.1 Å². The molecule has 0 amide bonds. The molecule has 198 valence electrons. The highest BCUT2D eigenvalue weighted by atomic mass is 32.2. The van der Waals surface area contributed by atoms with Crippen LogP contribution >= 0.6 is 24.4 Å². The Hall–Kier alpha value is -2.01. The number of aryl methyl sites for hydroxylation is 1. The van der Waals surface area contributed by atoms with E-state index in [0.29, 0.717) is 36.3 Å². The van der Waals surface area contributed by atoms with Crippen molar-refractivity contribution in [2.24, 2.45) is 11.1 Å². The third-order valence-electron chi connectivity index (χ3n) is 6.75. The van der Waals surface area contributed by atoms with Crippen LogP contribution in [0.15, 0.2) is 36.4 Å². The Labute approximate surface area is 220 Å². The van der Waals surface area contributed by atoms with Crippen LogP contribution in [0.4, 0.5) is 28.9 Å². The third kappa shape index (κ3) is 6.65. The Morgan fingerprint density at radius 1 is 1.19 bits per heavy atom. The van der Waals surface area contributed by atoms with Crippen molar-refractivity contribution in [2.75, 3.05) is 5.32 Å². The molecule has 0 radical (unpaired) electrons. The molecule has 1 fully saturated rings. The van der Waals surface area contributed by atoms with E-state index >= 15 is 0 Å². The molecular weight excluding hydrogens is 510 g/mol. The van der Waals surface area contributed by atoms with Crippen LogP contribution in [0.3, 0.4) is 0 Å². The average molecular weight is 544 g/mol. The summed E-state index contributed by atoms with van der Waals surface area (Å²) in [6, 6.07) is 9.87. The summed E-state index contributed by atoms with van der Waals surface area (Å²) in [5.74, 6) is 2.31. The molecule has 4 nitrogen and oxygen atoms in total. The summed E-state index contributed by atoms with van der Waals surface area (Å²) in [4.78, 5) is 0. The smallest absolute Gasteiger partial charge is 0.355 e. The number of nitrogens with one attached hydrogen (secondary N) is 2. The maximum atomic E-state index is 13.9. The van der Waals surface area contributed by atoms with Gasteiger partial charge in [-0.25, -0.2) is 4.39 Å². The molecule has 2 aliphatic rings. The minimum Gasteiger partial charge on any atom is -0.355 e. The second-order valence-electron chi connectivity index (χ2n) is 8.59. The van der Waals surface area contributed by atoms with Crippen LogP contribution in [0.2, 0.25) is 0 Å². The van der Waals surface area contributed by atoms with Crippen LogP contribution in [0.25, 0.3) is 0 Å². The molecule has 2 aliphatic carbocycles. The van der Waals surface area contributed by atoms with Crippen LogP contribution in [-0.4, -0.2) is 23.9 Å². The van der Waals surface area contributed by atoms with E-state index in [1.165, 1.54) is 18.3 Å². The fourth-order valence-corrected chi connectivity index (χ4v) is 5.62. The molecule has 2 aromatic rings. The van der Waals surface area contributed by atoms with Crippen LogP contribution < -0.4 is 10.5 Å². The largest absolute Gasteiger partial charge is 0.418 e. The molecule has 0 saturated heterocycles. The number of thiocarbonyl (C=S) groups is 1. The first kappa shape index (κ1) is 30.2. The lowest BCUT2D eigenvalue weighted by Crippen LogP contribution is -2.51. The lowest BCUT2D eigenvalue weighted by molar-refractivity contribution is -0.260. The standard InChI is InChI=1S/C23H25F4N3OS.C2H6.CH2S/c24-17-4-6-18(7-5-17)30-21-11-14-2-1-3-15-12-22(31-32-29,23(25,26)27)9-8-19(15)20(14)10-16(21)13-28;2*1-2/h4-7,10-11,13,15,19,28,30H,1-3,8-9,12,29H2;1-2H3;1H2/t15?,19?,22-;;/m0../s1. The molecule has 0 heterocycles. The molecule has 4 N–H and O–H groups in total. The summed E-state index contributed by atoms with van der Waals surface area (Å²) in [6.07, 6.45) is -0.943. The molecule has 0 aromatic heterocycles. The highest BCUT2D eigenvalue weighted by Gasteiger charge is 2.60. The van der Waals surface area contributed by atoms with Crippen LogP contribution in [-0.2, 0) is 10.6 Å². The Morgan fingerprint density at radius 3 is 2.44 bits per heavy atom. The number of hydrogen-bond donors (Lipinski definition) is 3. The van der Waals surface area contributed by atoms with E-state index in [0.717, 1.165) is 29.7 Å². The van der Waals surface area contributed by atoms with Gasteiger partial charge in [-0.05, 0) is 104 Å². The maximum Gasteiger partial charge on any atom is 0.418 e. The summed E-state index contributed by atoms with van der Waals surface area (Å²) in [6.45, 7) is 4.00. The van der Waals surface area contributed by atoms with Crippen molar-refractivity contribution in [3.8, 4) is 0 Å². The van der Waals surface area contributed by atoms with E-state index in [2.05, 4.69) is 23.4 Å². The molecule has 3 atom stereocenters. The van der Waals surface area contributed by atoms with Gasteiger partial charge in [0.05, 0.1) is 12.2 Å². The molecular formula is C26H33F4N3OS2. The van der Waals surface area contributed by atoms with Crippen LogP contribution in [0, 0.1) is 17.1 Å². The zero-order chi connectivity index (χ0) is 26.9. The second-order valence-corrected chi connectivity index (χ2v) is 8.95. The number of hydrogen-bond acceptors (Lipinski definition) is 6. The summed E-state index contributed by atoms with van der Waals surface area (Å²) < 4.78 is 59.9. The number of benzene rings is 2. The van der Waals surface area contributed by atoms with Crippen molar-refractivity contribution in [3.05, 3.63) is 58.9 Å². The van der Waals surface area contributed by atoms with Crippen molar-refractivity contribution in [1.82, 2.24) is 0 Å². The maximum absolute atomic E-state index is 13.9. The Bertz CT molecular complexity index is 1000. The first-order chi connectivity index (χ1) is 17.3. The highest BCUT2D eigenvalue weighted by Crippen LogP contribution is 2.54. The zero-order valence-corrected chi connectivity index (χ0v) is 22.1. The molecule has 10 heteroatoms. The molecule has 0 spiro atoms. The Balaban J connectivity index is 0.00000109. The first-order valence-corrected chi connectivity index (χ1v) is 13.2. The van der Waals surface area contributed by atoms with Crippen molar-refractivity contribution in [1.29, 1.82) is 5.41 Å². The number of halogens is 4. The second kappa shape index (κ2) is 13.5. The minimum atomic E-state index is -4.48. The van der Waals surface area contributed by atoms with E-state index in [1.807, 2.05) is 26.0 Å². The van der Waals surface area contributed by atoms with E-state index in [9.17, 15) is 17.6 Å². The molecule has 4 rings (SSSR count). The molecule has 2 aromatic carbocycles. The van der Waals surface area contributed by atoms with E-state index < -0.39 is 11.8 Å². The summed E-state index contributed by atoms with van der Waals surface area (Å²) in [5, 5.41) is 16.4. The van der Waals surface area contributed by atoms with E-state index in [4.69, 9.17) is 14.7 Å². The molecule has 1 saturated carbocycles. The summed E-state index contributed by atoms with van der Waals surface area (Å²) >= 11 is 4.13. The predicted octanol–water partition coefficient (Wildman–Crippen LogP) is 8.27. The monoisotopic (exact) mass is 543 g/mol. The molecule has 2 unspecified atom stereocenters. The quantitative estimate of drug-likeness (QED) is 0.116. The minimum absolute atomic E-state index is 0.0204. The number of anilines is 2. The lowest BCUT2D eigenvalue weighted by atomic mass is 9.68. The van der Waals surface area contributed by atoms with Crippen LogP contribution in [0.5, 0.6) is 0 Å². The van der Waals surface area contributed by atoms with E-state index in [1.54, 1.807) is 12.1 Å². The topological polar surface area (TPSA) is 71.1 Å². The number of nitrogens with two attached hydrogens (primary N) is 1. The van der Waals surface area contributed by atoms with Gasteiger partial charge in [-0.2, -0.15) is 13.2 Å². The van der Waals surface area contributed by atoms with Crippen molar-refractivity contribution >= 4 is 47.9 Å². The van der Waals surface area contributed by atoms with Gasteiger partial charge in [0.15, 0.2) is 5.60 Å². The summed E-state index contributed by atoms with van der Waals surface area (Å²) in [5.41, 5.74) is 1.97. The van der Waals surface area contributed by atoms with Gasteiger partial charge >= 0.3 is 6.18 Å². The first-order valence-electron chi connectivity index (χ1n) is 11.9. The van der Waals surface area contributed by atoms with Gasteiger partial charge < -0.3 is 10.7 Å². The van der Waals surface area contributed by atoms with Crippen molar-refractivity contribution < 1.29 is 21.7 Å². The van der Waals surface area contributed by atoms with E-state index in [-0.39, 0.29) is 30.5 Å². The third-order valence-corrected chi connectivity index (χ3v) is 7.17. The van der Waals surface area contributed by atoms with Crippen LogP contribution in [0.1, 0.15) is 68.6 Å². The fourth-order valence-electron chi connectivity index (χ4n) is 5.19. The normalized spacial score (nSPS) is 22.9. The lowest BCUT2D eigenvalue weighted by Gasteiger charge is -2.44. The Kier molecular flexibility index (Phi) is 11.3. The zero-order valence-electron chi connectivity index (χ0n) is 20.5. The number of rotatable bonds is 5. The van der Waals surface area contributed by atoms with Gasteiger partial charge in [-0.1, -0.05) is 26.1 Å². The van der Waals surface area contributed by atoms with Gasteiger partial charge in [-0.3, -0.25) is 9.32 Å². The highest BCUT2D eigenvalue weighted by molar-refractivity contribution is 7.92. The predicted molar refractivity (Wildman–Crippen MR) is 145 cm³/mol. The number of alkyl halides is 3. The number of fused-ring (bicyclic) bond motifs is 3. The van der Waals surface area contributed by atoms with Gasteiger partial charge in [0.2, 0.25) is 0 Å². The van der Waals surface area contributed by atoms with Gasteiger partial charge in [0.1, 0.15) is 5.82 Å². The van der Waals surface area contributed by atoms with Crippen molar-refractivity contribution in [3.63, 3.8) is 0 Å². The van der Waals surface area contributed by atoms with Gasteiger partial charge in [0.25, 0.3) is 0 Å². The molecule has 0 bridgehead atoms. The van der Waals surface area contributed by atoms with Gasteiger partial charge in [0, 0.05) is 23.2 Å². The Morgan fingerprint density at radius 2 is 1.86 bits per heavy atom. The molecule has 36 heavy (non-hydrogen) atoms. The average Bonchev–Trinajstić information content (AvgIpc) is 3.05. The SMILES string of the molecule is C=S.CC.N=Cc1cc2c(cc1Nc1ccc(F)cc1)CCCC1C[C@](OSN)(C(F)(F)F)CCC21.